The number of pyridine rings is 1. The topological polar surface area (TPSA) is 74.3 Å². The Morgan fingerprint density at radius 1 is 1.13 bits per heavy atom. The molecule has 1 aliphatic carbocycles. The predicted molar refractivity (Wildman–Crippen MR) is 121 cm³/mol. The smallest absolute Gasteiger partial charge is 0.237 e. The molecule has 2 heterocycles. The van der Waals surface area contributed by atoms with Gasteiger partial charge in [0.05, 0.1) is 18.5 Å². The van der Waals surface area contributed by atoms with Crippen molar-refractivity contribution in [3.63, 3.8) is 0 Å². The largest absolute Gasteiger partial charge is 0.353 e. The number of nitrogens with zero attached hydrogens (tertiary/aromatic N) is 2. The lowest BCUT2D eigenvalue weighted by molar-refractivity contribution is -0.135. The van der Waals surface area contributed by atoms with Crippen LogP contribution in [0.2, 0.25) is 0 Å². The Balaban J connectivity index is 1.54. The van der Waals surface area contributed by atoms with Crippen LogP contribution in [0.3, 0.4) is 0 Å². The molecule has 0 spiro atoms. The van der Waals surface area contributed by atoms with Crippen molar-refractivity contribution < 1.29 is 9.59 Å². The minimum Gasteiger partial charge on any atom is -0.353 e. The third-order valence-electron chi connectivity index (χ3n) is 6.75. The van der Waals surface area contributed by atoms with Crippen molar-refractivity contribution in [1.29, 1.82) is 0 Å². The highest BCUT2D eigenvalue weighted by molar-refractivity contribution is 5.89. The second-order valence-electron chi connectivity index (χ2n) is 8.81. The molecule has 1 aliphatic heterocycles. The second kappa shape index (κ2) is 9.60. The zero-order valence-electron chi connectivity index (χ0n) is 18.4. The van der Waals surface area contributed by atoms with Gasteiger partial charge in [0.2, 0.25) is 11.8 Å². The minimum atomic E-state index is -0.394. The maximum Gasteiger partial charge on any atom is 0.237 e. The van der Waals surface area contributed by atoms with Gasteiger partial charge in [-0.3, -0.25) is 19.5 Å². The van der Waals surface area contributed by atoms with Crippen LogP contribution in [0, 0.1) is 13.8 Å². The van der Waals surface area contributed by atoms with Gasteiger partial charge in [-0.15, -0.1) is 0 Å². The highest BCUT2D eigenvalue weighted by atomic mass is 16.2. The van der Waals surface area contributed by atoms with Gasteiger partial charge in [0.25, 0.3) is 0 Å². The molecule has 1 saturated carbocycles. The molecule has 2 amide bonds. The van der Waals surface area contributed by atoms with Crippen molar-refractivity contribution in [1.82, 2.24) is 20.5 Å². The van der Waals surface area contributed by atoms with E-state index in [4.69, 9.17) is 0 Å². The number of hydrogen-bond acceptors (Lipinski definition) is 4. The molecule has 1 saturated heterocycles. The molecule has 0 radical (unpaired) electrons. The molecule has 1 aromatic heterocycles. The van der Waals surface area contributed by atoms with E-state index in [1.54, 1.807) is 12.4 Å². The number of carbonyl (C=O) groups is 2. The van der Waals surface area contributed by atoms with E-state index in [0.29, 0.717) is 12.6 Å². The van der Waals surface area contributed by atoms with E-state index in [9.17, 15) is 9.59 Å². The normalized spacial score (nSPS) is 21.0. The third-order valence-corrected chi connectivity index (χ3v) is 6.75. The zero-order valence-corrected chi connectivity index (χ0v) is 18.4. The number of aromatic nitrogens is 1. The van der Waals surface area contributed by atoms with Crippen LogP contribution in [0.25, 0.3) is 0 Å². The van der Waals surface area contributed by atoms with Crippen molar-refractivity contribution in [3.05, 3.63) is 65.0 Å². The monoisotopic (exact) mass is 420 g/mol. The number of carbonyl (C=O) groups excluding carboxylic acids is 2. The number of piperazine rings is 1. The molecule has 2 N–H and O–H groups in total. The lowest BCUT2D eigenvalue weighted by Gasteiger charge is -2.39. The summed E-state index contributed by atoms with van der Waals surface area (Å²) in [7, 11) is 0. The maximum absolute atomic E-state index is 13.2. The number of nitrogens with one attached hydrogen (secondary N) is 2. The highest BCUT2D eigenvalue weighted by Crippen LogP contribution is 2.28. The first-order valence-corrected chi connectivity index (χ1v) is 11.3. The van der Waals surface area contributed by atoms with E-state index in [2.05, 4.69) is 52.6 Å². The molecular weight excluding hydrogens is 388 g/mol. The summed E-state index contributed by atoms with van der Waals surface area (Å²) in [6.07, 6.45) is 8.31. The molecule has 6 nitrogen and oxygen atoms in total. The lowest BCUT2D eigenvalue weighted by atomic mass is 9.95. The first-order chi connectivity index (χ1) is 15.0. The van der Waals surface area contributed by atoms with Gasteiger partial charge in [-0.1, -0.05) is 31.0 Å². The number of hydrogen-bond donors (Lipinski definition) is 2. The molecule has 4 rings (SSSR count). The average molecular weight is 421 g/mol. The summed E-state index contributed by atoms with van der Waals surface area (Å²) in [6.45, 7) is 5.64. The summed E-state index contributed by atoms with van der Waals surface area (Å²) >= 11 is 0. The SMILES string of the molecule is Cc1ccc([C@H](NC(=O)C[C@@H]2C(=O)NCCN2C2CCCC2)c2ccncc2)cc1C. The lowest BCUT2D eigenvalue weighted by Crippen LogP contribution is -2.59. The van der Waals surface area contributed by atoms with Crippen molar-refractivity contribution in [2.75, 3.05) is 13.1 Å². The fourth-order valence-electron chi connectivity index (χ4n) is 4.87. The molecule has 2 atom stereocenters. The Morgan fingerprint density at radius 3 is 2.58 bits per heavy atom. The maximum atomic E-state index is 13.2. The summed E-state index contributed by atoms with van der Waals surface area (Å²) in [5.41, 5.74) is 4.41. The van der Waals surface area contributed by atoms with Crippen LogP contribution in [-0.4, -0.2) is 46.9 Å². The van der Waals surface area contributed by atoms with E-state index in [-0.39, 0.29) is 24.3 Å². The van der Waals surface area contributed by atoms with Gasteiger partial charge in [0, 0.05) is 31.5 Å². The van der Waals surface area contributed by atoms with Crippen molar-refractivity contribution in [3.8, 4) is 0 Å². The van der Waals surface area contributed by atoms with E-state index in [0.717, 1.165) is 30.5 Å². The van der Waals surface area contributed by atoms with Gasteiger partial charge >= 0.3 is 0 Å². The fraction of sp³-hybridized carbons (Fsp3) is 0.480. The quantitative estimate of drug-likeness (QED) is 0.753. The zero-order chi connectivity index (χ0) is 21.8. The van der Waals surface area contributed by atoms with Crippen LogP contribution in [0.5, 0.6) is 0 Å². The number of aryl methyl sites for hydroxylation is 2. The first-order valence-electron chi connectivity index (χ1n) is 11.3. The Bertz CT molecular complexity index is 924. The number of amides is 2. The molecule has 2 aromatic rings. The molecule has 2 aliphatic rings. The van der Waals surface area contributed by atoms with Gasteiger partial charge < -0.3 is 10.6 Å². The van der Waals surface area contributed by atoms with E-state index < -0.39 is 6.04 Å². The summed E-state index contributed by atoms with van der Waals surface area (Å²) in [4.78, 5) is 32.2. The highest BCUT2D eigenvalue weighted by Gasteiger charge is 2.37. The van der Waals surface area contributed by atoms with Crippen LogP contribution >= 0.6 is 0 Å². The van der Waals surface area contributed by atoms with Crippen molar-refractivity contribution in [2.45, 2.75) is 64.1 Å². The molecule has 6 heteroatoms. The summed E-state index contributed by atoms with van der Waals surface area (Å²) < 4.78 is 0. The Morgan fingerprint density at radius 2 is 1.87 bits per heavy atom. The second-order valence-corrected chi connectivity index (χ2v) is 8.81. The number of benzene rings is 1. The van der Waals surface area contributed by atoms with Crippen LogP contribution in [-0.2, 0) is 9.59 Å². The molecule has 0 bridgehead atoms. The Hall–Kier alpha value is -2.73. The van der Waals surface area contributed by atoms with Gasteiger partial charge in [0.15, 0.2) is 0 Å². The summed E-state index contributed by atoms with van der Waals surface area (Å²) in [5.74, 6) is -0.134. The van der Waals surface area contributed by atoms with Gasteiger partial charge in [-0.05, 0) is 61.1 Å². The molecule has 31 heavy (non-hydrogen) atoms. The Labute approximate surface area is 184 Å². The van der Waals surface area contributed by atoms with Crippen LogP contribution in [0.1, 0.15) is 60.4 Å². The van der Waals surface area contributed by atoms with E-state index in [1.165, 1.54) is 24.0 Å². The van der Waals surface area contributed by atoms with Crippen LogP contribution in [0.4, 0.5) is 0 Å². The first kappa shape index (κ1) is 21.5. The van der Waals surface area contributed by atoms with Crippen molar-refractivity contribution >= 4 is 11.8 Å². The average Bonchev–Trinajstić information content (AvgIpc) is 3.31. The Kier molecular flexibility index (Phi) is 6.66. The summed E-state index contributed by atoms with van der Waals surface area (Å²) in [5, 5.41) is 6.15. The van der Waals surface area contributed by atoms with Crippen LogP contribution in [0.15, 0.2) is 42.7 Å². The van der Waals surface area contributed by atoms with E-state index in [1.807, 2.05) is 12.1 Å². The predicted octanol–water partition coefficient (Wildman–Crippen LogP) is 3.04. The molecule has 0 unspecified atom stereocenters. The number of rotatable bonds is 6. The molecular formula is C25H32N4O2. The minimum absolute atomic E-state index is 0.0278. The molecule has 1 aromatic carbocycles. The van der Waals surface area contributed by atoms with Gasteiger partial charge in [-0.2, -0.15) is 0 Å². The fourth-order valence-corrected chi connectivity index (χ4v) is 4.87. The van der Waals surface area contributed by atoms with Crippen LogP contribution < -0.4 is 10.6 Å². The van der Waals surface area contributed by atoms with Gasteiger partial charge in [0.1, 0.15) is 0 Å². The van der Waals surface area contributed by atoms with E-state index >= 15 is 0 Å². The third kappa shape index (κ3) is 4.96. The van der Waals surface area contributed by atoms with Gasteiger partial charge in [-0.25, -0.2) is 0 Å². The molecule has 164 valence electrons. The summed E-state index contributed by atoms with van der Waals surface area (Å²) in [6, 6.07) is 9.87. The van der Waals surface area contributed by atoms with Crippen molar-refractivity contribution in [2.24, 2.45) is 0 Å². The standard InChI is InChI=1S/C25H32N4O2/c1-17-7-8-20(15-18(17)2)24(19-9-11-26-12-10-19)28-23(30)16-22-25(31)27-13-14-29(22)21-5-3-4-6-21/h7-12,15,21-22,24H,3-6,13-14,16H2,1-2H3,(H,27,31)(H,28,30)/t22-,24-/m1/s1. The molecule has 2 fully saturated rings.